The van der Waals surface area contributed by atoms with Crippen molar-refractivity contribution in [3.63, 3.8) is 0 Å². The molecule has 2 aromatic rings. The van der Waals surface area contributed by atoms with Crippen LogP contribution in [0.2, 0.25) is 0 Å². The molecular weight excluding hydrogens is 368 g/mol. The second-order valence-corrected chi connectivity index (χ2v) is 9.34. The van der Waals surface area contributed by atoms with Gasteiger partial charge in [0.25, 0.3) is 0 Å². The molecule has 1 saturated heterocycles. The first kappa shape index (κ1) is 21.0. The summed E-state index contributed by atoms with van der Waals surface area (Å²) in [6.07, 6.45) is 0.838. The molecule has 1 fully saturated rings. The first-order valence-corrected chi connectivity index (χ1v) is 11.0. The van der Waals surface area contributed by atoms with E-state index < -0.39 is 6.10 Å². The molecule has 152 valence electrons. The van der Waals surface area contributed by atoms with Gasteiger partial charge in [-0.15, -0.1) is 11.3 Å². The molecule has 1 aliphatic heterocycles. The lowest BCUT2D eigenvalue weighted by atomic mass is 9.74. The summed E-state index contributed by atoms with van der Waals surface area (Å²) in [6, 6.07) is 14.3. The Bertz CT molecular complexity index is 747. The average Bonchev–Trinajstić information content (AvgIpc) is 3.35. The van der Waals surface area contributed by atoms with E-state index in [0.29, 0.717) is 32.0 Å². The van der Waals surface area contributed by atoms with Crippen LogP contribution in [0.5, 0.6) is 0 Å². The maximum absolute atomic E-state index is 12.8. The number of benzene rings is 1. The minimum atomic E-state index is -0.513. The molecule has 0 saturated carbocycles. The fourth-order valence-electron chi connectivity index (χ4n) is 3.86. The highest BCUT2D eigenvalue weighted by Crippen LogP contribution is 2.39. The SMILES string of the molecule is CC(C)C(C)(CCC(=O)N1CC(O)C(NCc2ccccc2)C1)c1cccs1. The average molecular weight is 401 g/mol. The van der Waals surface area contributed by atoms with Crippen LogP contribution in [0.3, 0.4) is 0 Å². The Morgan fingerprint density at radius 1 is 1.25 bits per heavy atom. The van der Waals surface area contributed by atoms with Crippen molar-refractivity contribution in [3.05, 3.63) is 58.3 Å². The minimum absolute atomic E-state index is 0.00707. The number of nitrogens with one attached hydrogen (secondary N) is 1. The normalized spacial score (nSPS) is 21.8. The van der Waals surface area contributed by atoms with Crippen LogP contribution in [0.15, 0.2) is 47.8 Å². The van der Waals surface area contributed by atoms with E-state index in [1.165, 1.54) is 10.4 Å². The Morgan fingerprint density at radius 2 is 2.00 bits per heavy atom. The van der Waals surface area contributed by atoms with Crippen molar-refractivity contribution in [3.8, 4) is 0 Å². The van der Waals surface area contributed by atoms with Gasteiger partial charge < -0.3 is 15.3 Å². The van der Waals surface area contributed by atoms with Gasteiger partial charge in [0.1, 0.15) is 0 Å². The van der Waals surface area contributed by atoms with Gasteiger partial charge in [-0.1, -0.05) is 57.2 Å². The number of hydrogen-bond donors (Lipinski definition) is 2. The number of carbonyl (C=O) groups excluding carboxylic acids is 1. The van der Waals surface area contributed by atoms with Crippen LogP contribution < -0.4 is 5.32 Å². The molecule has 1 aliphatic rings. The molecule has 3 rings (SSSR count). The molecule has 4 nitrogen and oxygen atoms in total. The Labute approximate surface area is 172 Å². The van der Waals surface area contributed by atoms with Crippen molar-refractivity contribution in [2.45, 2.75) is 57.7 Å². The molecule has 0 spiro atoms. The van der Waals surface area contributed by atoms with Gasteiger partial charge in [-0.25, -0.2) is 0 Å². The van der Waals surface area contributed by atoms with Crippen LogP contribution in [0, 0.1) is 5.92 Å². The highest BCUT2D eigenvalue weighted by atomic mass is 32.1. The van der Waals surface area contributed by atoms with Crippen molar-refractivity contribution in [2.24, 2.45) is 5.92 Å². The Kier molecular flexibility index (Phi) is 6.91. The van der Waals surface area contributed by atoms with Crippen molar-refractivity contribution in [1.82, 2.24) is 10.2 Å². The van der Waals surface area contributed by atoms with Gasteiger partial charge in [0, 0.05) is 36.3 Å². The minimum Gasteiger partial charge on any atom is -0.390 e. The number of β-amino-alcohol motifs (C(OH)–C–C–N with tert-alkyl or cyclic N) is 1. The van der Waals surface area contributed by atoms with Crippen molar-refractivity contribution >= 4 is 17.2 Å². The number of nitrogens with zero attached hydrogens (tertiary/aromatic N) is 1. The Hall–Kier alpha value is -1.69. The van der Waals surface area contributed by atoms with Crippen molar-refractivity contribution in [1.29, 1.82) is 0 Å². The molecule has 0 bridgehead atoms. The largest absolute Gasteiger partial charge is 0.390 e. The highest BCUT2D eigenvalue weighted by molar-refractivity contribution is 7.10. The Morgan fingerprint density at radius 3 is 2.64 bits per heavy atom. The maximum atomic E-state index is 12.8. The molecule has 28 heavy (non-hydrogen) atoms. The number of carbonyl (C=O) groups is 1. The van der Waals surface area contributed by atoms with Gasteiger partial charge in [-0.05, 0) is 29.3 Å². The number of aliphatic hydroxyl groups excluding tert-OH is 1. The van der Waals surface area contributed by atoms with E-state index in [1.807, 2.05) is 23.1 Å². The number of hydrogen-bond acceptors (Lipinski definition) is 4. The lowest BCUT2D eigenvalue weighted by Crippen LogP contribution is -2.39. The first-order chi connectivity index (χ1) is 13.4. The summed E-state index contributed by atoms with van der Waals surface area (Å²) in [5, 5.41) is 15.9. The third-order valence-electron chi connectivity index (χ3n) is 6.27. The predicted octanol–water partition coefficient (Wildman–Crippen LogP) is 3.80. The lowest BCUT2D eigenvalue weighted by molar-refractivity contribution is -0.131. The summed E-state index contributed by atoms with van der Waals surface area (Å²) >= 11 is 1.77. The van der Waals surface area contributed by atoms with E-state index in [-0.39, 0.29) is 17.4 Å². The Balaban J connectivity index is 1.53. The van der Waals surface area contributed by atoms with Gasteiger partial charge in [-0.3, -0.25) is 4.79 Å². The summed E-state index contributed by atoms with van der Waals surface area (Å²) < 4.78 is 0. The summed E-state index contributed by atoms with van der Waals surface area (Å²) in [6.45, 7) is 8.42. The second-order valence-electron chi connectivity index (χ2n) is 8.39. The smallest absolute Gasteiger partial charge is 0.222 e. The van der Waals surface area contributed by atoms with E-state index in [2.05, 4.69) is 55.7 Å². The molecule has 0 aliphatic carbocycles. The van der Waals surface area contributed by atoms with Crippen LogP contribution in [0.1, 0.15) is 44.1 Å². The summed E-state index contributed by atoms with van der Waals surface area (Å²) in [5.41, 5.74) is 1.19. The van der Waals surface area contributed by atoms with Gasteiger partial charge in [0.05, 0.1) is 12.1 Å². The molecule has 2 heterocycles. The number of aliphatic hydroxyl groups is 1. The van der Waals surface area contributed by atoms with Crippen LogP contribution in [0.4, 0.5) is 0 Å². The fourth-order valence-corrected chi connectivity index (χ4v) is 4.93. The quantitative estimate of drug-likeness (QED) is 0.709. The fraction of sp³-hybridized carbons (Fsp3) is 0.522. The standard InChI is InChI=1S/C23H32N2O2S/c1-17(2)23(3,21-10-7-13-28-21)12-11-22(27)25-15-19(20(26)16-25)24-14-18-8-5-4-6-9-18/h4-10,13,17,19-20,24,26H,11-12,14-16H2,1-3H3. The zero-order chi connectivity index (χ0) is 20.1. The van der Waals surface area contributed by atoms with E-state index in [1.54, 1.807) is 11.3 Å². The zero-order valence-corrected chi connectivity index (χ0v) is 17.9. The van der Waals surface area contributed by atoms with Crippen LogP contribution in [-0.4, -0.2) is 41.1 Å². The van der Waals surface area contributed by atoms with Gasteiger partial charge in [0.2, 0.25) is 5.91 Å². The monoisotopic (exact) mass is 400 g/mol. The van der Waals surface area contributed by atoms with Gasteiger partial charge >= 0.3 is 0 Å². The molecular formula is C23H32N2O2S. The van der Waals surface area contributed by atoms with E-state index in [0.717, 1.165) is 6.42 Å². The molecule has 0 radical (unpaired) electrons. The van der Waals surface area contributed by atoms with Gasteiger partial charge in [0.15, 0.2) is 0 Å². The van der Waals surface area contributed by atoms with Crippen LogP contribution in [0.25, 0.3) is 0 Å². The molecule has 5 heteroatoms. The number of rotatable bonds is 8. The molecule has 3 unspecified atom stereocenters. The predicted molar refractivity (Wildman–Crippen MR) is 115 cm³/mol. The topological polar surface area (TPSA) is 52.6 Å². The third-order valence-corrected chi connectivity index (χ3v) is 7.42. The molecule has 1 aromatic heterocycles. The zero-order valence-electron chi connectivity index (χ0n) is 17.1. The lowest BCUT2D eigenvalue weighted by Gasteiger charge is -2.33. The number of likely N-dealkylation sites (tertiary alicyclic amines) is 1. The van der Waals surface area contributed by atoms with E-state index in [9.17, 15) is 9.90 Å². The van der Waals surface area contributed by atoms with Crippen molar-refractivity contribution < 1.29 is 9.90 Å². The van der Waals surface area contributed by atoms with E-state index >= 15 is 0 Å². The molecule has 3 atom stereocenters. The summed E-state index contributed by atoms with van der Waals surface area (Å²) in [4.78, 5) is 16.0. The summed E-state index contributed by atoms with van der Waals surface area (Å²) in [5.74, 6) is 0.606. The highest BCUT2D eigenvalue weighted by Gasteiger charge is 2.36. The van der Waals surface area contributed by atoms with Gasteiger partial charge in [-0.2, -0.15) is 0 Å². The first-order valence-electron chi connectivity index (χ1n) is 10.2. The van der Waals surface area contributed by atoms with Crippen LogP contribution in [-0.2, 0) is 16.8 Å². The molecule has 2 N–H and O–H groups in total. The summed E-state index contributed by atoms with van der Waals surface area (Å²) in [7, 11) is 0. The van der Waals surface area contributed by atoms with Crippen LogP contribution >= 0.6 is 11.3 Å². The third kappa shape index (κ3) is 4.83. The molecule has 1 aromatic carbocycles. The second kappa shape index (κ2) is 9.21. The number of amides is 1. The number of thiophene rings is 1. The van der Waals surface area contributed by atoms with Crippen molar-refractivity contribution in [2.75, 3.05) is 13.1 Å². The maximum Gasteiger partial charge on any atom is 0.222 e. The van der Waals surface area contributed by atoms with E-state index in [4.69, 9.17) is 0 Å². The molecule has 1 amide bonds.